The fraction of sp³-hybridized carbons (Fsp3) is 0.929. The molecule has 0 bridgehead atoms. The van der Waals surface area contributed by atoms with E-state index in [9.17, 15) is 9.90 Å². The van der Waals surface area contributed by atoms with Crippen LogP contribution in [0.3, 0.4) is 0 Å². The minimum Gasteiger partial charge on any atom is -0.481 e. The van der Waals surface area contributed by atoms with Crippen LogP contribution >= 0.6 is 0 Å². The quantitative estimate of drug-likeness (QED) is 0.793. The fourth-order valence-corrected chi connectivity index (χ4v) is 2.53. The van der Waals surface area contributed by atoms with Crippen LogP contribution in [0.25, 0.3) is 0 Å². The van der Waals surface area contributed by atoms with E-state index in [1.165, 1.54) is 0 Å². The van der Waals surface area contributed by atoms with Gasteiger partial charge in [0.15, 0.2) is 0 Å². The van der Waals surface area contributed by atoms with Gasteiger partial charge in [0.1, 0.15) is 0 Å². The van der Waals surface area contributed by atoms with Gasteiger partial charge in [-0.2, -0.15) is 0 Å². The van der Waals surface area contributed by atoms with Gasteiger partial charge in [0.05, 0.1) is 11.0 Å². The van der Waals surface area contributed by atoms with E-state index in [4.69, 9.17) is 4.74 Å². The van der Waals surface area contributed by atoms with Crippen molar-refractivity contribution in [3.63, 3.8) is 0 Å². The van der Waals surface area contributed by atoms with Crippen molar-refractivity contribution in [3.8, 4) is 0 Å². The summed E-state index contributed by atoms with van der Waals surface area (Å²) in [5, 5.41) is 9.47. The van der Waals surface area contributed by atoms with E-state index >= 15 is 0 Å². The van der Waals surface area contributed by atoms with Gasteiger partial charge in [0.2, 0.25) is 0 Å². The zero-order chi connectivity index (χ0) is 14.0. The van der Waals surface area contributed by atoms with Crippen molar-refractivity contribution < 1.29 is 14.6 Å². The predicted molar refractivity (Wildman–Crippen MR) is 71.7 cm³/mol. The molecular formula is C14H27NO3. The average Bonchev–Trinajstić information content (AvgIpc) is 2.72. The van der Waals surface area contributed by atoms with Crippen LogP contribution in [0.2, 0.25) is 0 Å². The van der Waals surface area contributed by atoms with Crippen LogP contribution in [0, 0.1) is 11.3 Å². The standard InChI is InChI=1S/C14H27NO3/c1-11(2)14(12(16)17)7-9-15(10-14)8-6-13(3,4)18-5/h11H,6-10H2,1-5H3,(H,16,17). The third kappa shape index (κ3) is 3.23. The summed E-state index contributed by atoms with van der Waals surface area (Å²) < 4.78 is 5.40. The zero-order valence-corrected chi connectivity index (χ0v) is 12.3. The van der Waals surface area contributed by atoms with Gasteiger partial charge in [-0.25, -0.2) is 0 Å². The second-order valence-corrected chi connectivity index (χ2v) is 6.36. The summed E-state index contributed by atoms with van der Waals surface area (Å²) in [5.74, 6) is -0.471. The van der Waals surface area contributed by atoms with Crippen LogP contribution in [-0.4, -0.2) is 48.3 Å². The van der Waals surface area contributed by atoms with Crippen LogP contribution in [0.1, 0.15) is 40.5 Å². The molecule has 18 heavy (non-hydrogen) atoms. The van der Waals surface area contributed by atoms with Crippen molar-refractivity contribution in [1.82, 2.24) is 4.90 Å². The first-order valence-corrected chi connectivity index (χ1v) is 6.74. The molecule has 1 aliphatic heterocycles. The number of nitrogens with zero attached hydrogens (tertiary/aromatic N) is 1. The molecule has 1 atom stereocenters. The molecule has 0 aliphatic carbocycles. The molecule has 0 aromatic heterocycles. The van der Waals surface area contributed by atoms with Crippen molar-refractivity contribution in [2.45, 2.75) is 46.1 Å². The Morgan fingerprint density at radius 1 is 1.50 bits per heavy atom. The first-order valence-electron chi connectivity index (χ1n) is 6.74. The van der Waals surface area contributed by atoms with Gasteiger partial charge < -0.3 is 14.7 Å². The zero-order valence-electron chi connectivity index (χ0n) is 12.3. The molecular weight excluding hydrogens is 230 g/mol. The molecule has 1 heterocycles. The number of carbonyl (C=O) groups is 1. The topological polar surface area (TPSA) is 49.8 Å². The molecule has 1 rings (SSSR count). The number of carboxylic acid groups (broad SMARTS) is 1. The Bertz CT molecular complexity index is 301. The maximum absolute atomic E-state index is 11.5. The molecule has 1 N–H and O–H groups in total. The van der Waals surface area contributed by atoms with E-state index in [1.807, 2.05) is 13.8 Å². The van der Waals surface area contributed by atoms with Crippen molar-refractivity contribution >= 4 is 5.97 Å². The Morgan fingerprint density at radius 2 is 2.11 bits per heavy atom. The highest BCUT2D eigenvalue weighted by Crippen LogP contribution is 2.38. The molecule has 0 spiro atoms. The highest BCUT2D eigenvalue weighted by Gasteiger charge is 2.47. The predicted octanol–water partition coefficient (Wildman–Crippen LogP) is 2.23. The van der Waals surface area contributed by atoms with Gasteiger partial charge in [0.25, 0.3) is 0 Å². The summed E-state index contributed by atoms with van der Waals surface area (Å²) in [6, 6.07) is 0. The first-order chi connectivity index (χ1) is 8.23. The van der Waals surface area contributed by atoms with Crippen molar-refractivity contribution in [3.05, 3.63) is 0 Å². The number of aliphatic carboxylic acids is 1. The Labute approximate surface area is 110 Å². The number of methoxy groups -OCH3 is 1. The van der Waals surface area contributed by atoms with Crippen LogP contribution in [0.4, 0.5) is 0 Å². The minimum atomic E-state index is -0.647. The van der Waals surface area contributed by atoms with E-state index in [-0.39, 0.29) is 11.5 Å². The molecule has 0 amide bonds. The second kappa shape index (κ2) is 5.57. The Balaban J connectivity index is 2.57. The lowest BCUT2D eigenvalue weighted by atomic mass is 9.76. The number of rotatable bonds is 6. The summed E-state index contributed by atoms with van der Waals surface area (Å²) in [5.41, 5.74) is -0.691. The van der Waals surface area contributed by atoms with E-state index in [2.05, 4.69) is 18.7 Å². The van der Waals surface area contributed by atoms with Gasteiger partial charge in [0, 0.05) is 20.2 Å². The normalized spacial score (nSPS) is 25.9. The monoisotopic (exact) mass is 257 g/mol. The molecule has 1 fully saturated rings. The Kier molecular flexibility index (Phi) is 4.78. The SMILES string of the molecule is COC(C)(C)CCN1CCC(C(=O)O)(C(C)C)C1. The largest absolute Gasteiger partial charge is 0.481 e. The number of hydrogen-bond donors (Lipinski definition) is 1. The van der Waals surface area contributed by atoms with Crippen LogP contribution < -0.4 is 0 Å². The van der Waals surface area contributed by atoms with Gasteiger partial charge in [-0.3, -0.25) is 4.79 Å². The summed E-state index contributed by atoms with van der Waals surface area (Å²) in [7, 11) is 1.72. The van der Waals surface area contributed by atoms with Crippen molar-refractivity contribution in [1.29, 1.82) is 0 Å². The Hall–Kier alpha value is -0.610. The highest BCUT2D eigenvalue weighted by molar-refractivity contribution is 5.75. The molecule has 1 aliphatic rings. The maximum Gasteiger partial charge on any atom is 0.311 e. The molecule has 0 radical (unpaired) electrons. The molecule has 106 valence electrons. The molecule has 0 aromatic carbocycles. The molecule has 1 saturated heterocycles. The lowest BCUT2D eigenvalue weighted by Crippen LogP contribution is -2.40. The number of hydrogen-bond acceptors (Lipinski definition) is 3. The lowest BCUT2D eigenvalue weighted by Gasteiger charge is -2.30. The molecule has 4 heteroatoms. The van der Waals surface area contributed by atoms with Crippen LogP contribution in [0.15, 0.2) is 0 Å². The van der Waals surface area contributed by atoms with Gasteiger partial charge in [-0.1, -0.05) is 13.8 Å². The fourth-order valence-electron chi connectivity index (χ4n) is 2.53. The molecule has 0 saturated carbocycles. The van der Waals surface area contributed by atoms with E-state index < -0.39 is 11.4 Å². The summed E-state index contributed by atoms with van der Waals surface area (Å²) in [6.45, 7) is 10.6. The number of likely N-dealkylation sites (tertiary alicyclic amines) is 1. The number of ether oxygens (including phenoxy) is 1. The molecule has 1 unspecified atom stereocenters. The van der Waals surface area contributed by atoms with Gasteiger partial charge >= 0.3 is 5.97 Å². The maximum atomic E-state index is 11.5. The van der Waals surface area contributed by atoms with Crippen molar-refractivity contribution in [2.24, 2.45) is 11.3 Å². The Morgan fingerprint density at radius 3 is 2.50 bits per heavy atom. The third-order valence-corrected chi connectivity index (χ3v) is 4.49. The summed E-state index contributed by atoms with van der Waals surface area (Å²) in [6.07, 6.45) is 1.69. The molecule has 0 aromatic rings. The van der Waals surface area contributed by atoms with Gasteiger partial charge in [-0.05, 0) is 39.2 Å². The van der Waals surface area contributed by atoms with Gasteiger partial charge in [-0.15, -0.1) is 0 Å². The second-order valence-electron chi connectivity index (χ2n) is 6.36. The third-order valence-electron chi connectivity index (χ3n) is 4.49. The number of carboxylic acids is 1. The summed E-state index contributed by atoms with van der Waals surface area (Å²) >= 11 is 0. The van der Waals surface area contributed by atoms with E-state index in [1.54, 1.807) is 7.11 Å². The first kappa shape index (κ1) is 15.4. The highest BCUT2D eigenvalue weighted by atomic mass is 16.5. The van der Waals surface area contributed by atoms with Crippen molar-refractivity contribution in [2.75, 3.05) is 26.7 Å². The van der Waals surface area contributed by atoms with E-state index in [0.717, 1.165) is 25.9 Å². The minimum absolute atomic E-state index is 0.133. The lowest BCUT2D eigenvalue weighted by molar-refractivity contribution is -0.151. The summed E-state index contributed by atoms with van der Waals surface area (Å²) in [4.78, 5) is 13.8. The van der Waals surface area contributed by atoms with Crippen LogP contribution in [0.5, 0.6) is 0 Å². The molecule has 4 nitrogen and oxygen atoms in total. The smallest absolute Gasteiger partial charge is 0.311 e. The van der Waals surface area contributed by atoms with E-state index in [0.29, 0.717) is 6.54 Å². The van der Waals surface area contributed by atoms with Crippen LogP contribution in [-0.2, 0) is 9.53 Å². The average molecular weight is 257 g/mol.